The van der Waals surface area contributed by atoms with Gasteiger partial charge in [0.15, 0.2) is 5.78 Å². The van der Waals surface area contributed by atoms with Gasteiger partial charge in [0.05, 0.1) is 6.54 Å². The molecule has 2 rings (SSSR count). The van der Waals surface area contributed by atoms with Crippen molar-refractivity contribution in [1.29, 1.82) is 0 Å². The van der Waals surface area contributed by atoms with Crippen molar-refractivity contribution in [3.63, 3.8) is 0 Å². The molecule has 1 N–H and O–H groups in total. The van der Waals surface area contributed by atoms with Crippen LogP contribution in [0.3, 0.4) is 0 Å². The van der Waals surface area contributed by atoms with E-state index in [9.17, 15) is 4.79 Å². The molecule has 4 heteroatoms. The fraction of sp³-hybridized carbons (Fsp3) is 0.0714. The summed E-state index contributed by atoms with van der Waals surface area (Å²) in [7, 11) is 0. The number of benzene rings is 2. The molecule has 0 saturated carbocycles. The van der Waals surface area contributed by atoms with Crippen LogP contribution >= 0.6 is 27.5 Å². The van der Waals surface area contributed by atoms with E-state index in [1.165, 1.54) is 0 Å². The Morgan fingerprint density at radius 1 is 1.06 bits per heavy atom. The molecule has 18 heavy (non-hydrogen) atoms. The van der Waals surface area contributed by atoms with Crippen molar-refractivity contribution in [2.45, 2.75) is 0 Å². The number of hydrogen-bond acceptors (Lipinski definition) is 2. The highest BCUT2D eigenvalue weighted by molar-refractivity contribution is 9.10. The summed E-state index contributed by atoms with van der Waals surface area (Å²) in [6.45, 7) is 0.267. The second-order valence-electron chi connectivity index (χ2n) is 3.79. The van der Waals surface area contributed by atoms with Gasteiger partial charge in [-0.15, -0.1) is 0 Å². The minimum atomic E-state index is 0.0367. The highest BCUT2D eigenvalue weighted by Crippen LogP contribution is 2.14. The van der Waals surface area contributed by atoms with Crippen LogP contribution in [0.2, 0.25) is 5.02 Å². The molecular weight excluding hydrogens is 314 g/mol. The van der Waals surface area contributed by atoms with Gasteiger partial charge < -0.3 is 5.32 Å². The number of carbonyl (C=O) groups is 1. The number of nitrogens with one attached hydrogen (secondary N) is 1. The largest absolute Gasteiger partial charge is 0.378 e. The third-order valence-corrected chi connectivity index (χ3v) is 3.24. The maximum Gasteiger partial charge on any atom is 0.181 e. The Morgan fingerprint density at radius 3 is 2.28 bits per heavy atom. The lowest BCUT2D eigenvalue weighted by Gasteiger charge is -2.06. The van der Waals surface area contributed by atoms with Crippen LogP contribution in [0.25, 0.3) is 0 Å². The van der Waals surface area contributed by atoms with Gasteiger partial charge >= 0.3 is 0 Å². The van der Waals surface area contributed by atoms with Crippen LogP contribution in [0.1, 0.15) is 10.4 Å². The van der Waals surface area contributed by atoms with Crippen LogP contribution < -0.4 is 5.32 Å². The van der Waals surface area contributed by atoms with E-state index in [2.05, 4.69) is 21.2 Å². The van der Waals surface area contributed by atoms with E-state index in [1.807, 2.05) is 24.3 Å². The van der Waals surface area contributed by atoms with Crippen molar-refractivity contribution in [1.82, 2.24) is 0 Å². The third kappa shape index (κ3) is 3.59. The van der Waals surface area contributed by atoms with Crippen LogP contribution in [-0.2, 0) is 0 Å². The minimum Gasteiger partial charge on any atom is -0.378 e. The fourth-order valence-electron chi connectivity index (χ4n) is 1.49. The third-order valence-electron chi connectivity index (χ3n) is 2.46. The van der Waals surface area contributed by atoms with Gasteiger partial charge in [-0.3, -0.25) is 4.79 Å². The van der Waals surface area contributed by atoms with E-state index in [-0.39, 0.29) is 12.3 Å². The zero-order chi connectivity index (χ0) is 13.0. The average molecular weight is 325 g/mol. The lowest BCUT2D eigenvalue weighted by Crippen LogP contribution is -2.13. The molecular formula is C14H11BrClNO. The monoisotopic (exact) mass is 323 g/mol. The summed E-state index contributed by atoms with van der Waals surface area (Å²) >= 11 is 9.13. The topological polar surface area (TPSA) is 29.1 Å². The SMILES string of the molecule is O=C(CNc1ccc(Br)cc1)c1ccc(Cl)cc1. The Balaban J connectivity index is 1.96. The second-order valence-corrected chi connectivity index (χ2v) is 5.14. The van der Waals surface area contributed by atoms with E-state index in [0.717, 1.165) is 10.2 Å². The highest BCUT2D eigenvalue weighted by atomic mass is 79.9. The van der Waals surface area contributed by atoms with Gasteiger partial charge in [0.2, 0.25) is 0 Å². The van der Waals surface area contributed by atoms with Gasteiger partial charge in [0.25, 0.3) is 0 Å². The van der Waals surface area contributed by atoms with E-state index < -0.39 is 0 Å². The van der Waals surface area contributed by atoms with E-state index in [0.29, 0.717) is 10.6 Å². The summed E-state index contributed by atoms with van der Waals surface area (Å²) in [5.41, 5.74) is 1.57. The smallest absolute Gasteiger partial charge is 0.181 e. The molecule has 2 aromatic rings. The normalized spacial score (nSPS) is 10.1. The Labute approximate surface area is 119 Å². The number of halogens is 2. The average Bonchev–Trinajstić information content (AvgIpc) is 2.38. The van der Waals surface area contributed by atoms with Crippen molar-refractivity contribution in [2.75, 3.05) is 11.9 Å². The number of Topliss-reactive ketones (excluding diaryl/α,β-unsaturated/α-hetero) is 1. The van der Waals surface area contributed by atoms with Crippen LogP contribution in [0, 0.1) is 0 Å². The van der Waals surface area contributed by atoms with Crippen LogP contribution in [0.4, 0.5) is 5.69 Å². The Kier molecular flexibility index (Phi) is 4.39. The van der Waals surface area contributed by atoms with Gasteiger partial charge in [-0.2, -0.15) is 0 Å². The molecule has 92 valence electrons. The molecule has 0 aliphatic carbocycles. The maximum atomic E-state index is 11.9. The molecule has 0 bridgehead atoms. The van der Waals surface area contributed by atoms with Crippen LogP contribution in [0.15, 0.2) is 53.0 Å². The summed E-state index contributed by atoms with van der Waals surface area (Å²) in [4.78, 5) is 11.9. The molecule has 0 aliphatic heterocycles. The molecule has 2 nitrogen and oxygen atoms in total. The molecule has 0 heterocycles. The number of anilines is 1. The number of hydrogen-bond donors (Lipinski definition) is 1. The van der Waals surface area contributed by atoms with Crippen molar-refractivity contribution in [3.8, 4) is 0 Å². The first-order chi connectivity index (χ1) is 8.65. The summed E-state index contributed by atoms with van der Waals surface area (Å²) < 4.78 is 1.01. The predicted molar refractivity (Wildman–Crippen MR) is 78.4 cm³/mol. The zero-order valence-electron chi connectivity index (χ0n) is 9.49. The molecule has 0 atom stereocenters. The van der Waals surface area contributed by atoms with Gasteiger partial charge in [-0.25, -0.2) is 0 Å². The summed E-state index contributed by atoms with van der Waals surface area (Å²) in [6.07, 6.45) is 0. The van der Waals surface area contributed by atoms with Crippen molar-refractivity contribution < 1.29 is 4.79 Å². The Morgan fingerprint density at radius 2 is 1.67 bits per heavy atom. The Bertz CT molecular complexity index is 537. The van der Waals surface area contributed by atoms with E-state index >= 15 is 0 Å². The van der Waals surface area contributed by atoms with E-state index in [1.54, 1.807) is 24.3 Å². The molecule has 0 fully saturated rings. The van der Waals surface area contributed by atoms with Crippen molar-refractivity contribution in [2.24, 2.45) is 0 Å². The second kappa shape index (κ2) is 6.03. The lowest BCUT2D eigenvalue weighted by molar-refractivity contribution is 0.101. The first-order valence-corrected chi connectivity index (χ1v) is 6.60. The van der Waals surface area contributed by atoms with E-state index in [4.69, 9.17) is 11.6 Å². The van der Waals surface area contributed by atoms with Gasteiger partial charge in [-0.05, 0) is 48.5 Å². The van der Waals surface area contributed by atoms with Crippen LogP contribution in [0.5, 0.6) is 0 Å². The number of ketones is 1. The van der Waals surface area contributed by atoms with Gasteiger partial charge in [0, 0.05) is 20.7 Å². The molecule has 0 radical (unpaired) electrons. The number of rotatable bonds is 4. The molecule has 0 aliphatic rings. The highest BCUT2D eigenvalue weighted by Gasteiger charge is 2.05. The predicted octanol–water partition coefficient (Wildman–Crippen LogP) is 4.40. The van der Waals surface area contributed by atoms with Gasteiger partial charge in [-0.1, -0.05) is 27.5 Å². The lowest BCUT2D eigenvalue weighted by atomic mass is 10.1. The summed E-state index contributed by atoms with van der Waals surface area (Å²) in [6, 6.07) is 14.6. The number of carbonyl (C=O) groups excluding carboxylic acids is 1. The molecule has 0 spiro atoms. The molecule has 0 saturated heterocycles. The molecule has 0 unspecified atom stereocenters. The first-order valence-electron chi connectivity index (χ1n) is 5.43. The van der Waals surface area contributed by atoms with Gasteiger partial charge in [0.1, 0.15) is 0 Å². The zero-order valence-corrected chi connectivity index (χ0v) is 11.8. The minimum absolute atomic E-state index is 0.0367. The molecule has 0 amide bonds. The summed E-state index contributed by atoms with van der Waals surface area (Å²) in [5.74, 6) is 0.0367. The quantitative estimate of drug-likeness (QED) is 0.845. The Hall–Kier alpha value is -1.32. The first kappa shape index (κ1) is 13.1. The van der Waals surface area contributed by atoms with Crippen LogP contribution in [-0.4, -0.2) is 12.3 Å². The molecule has 0 aromatic heterocycles. The maximum absolute atomic E-state index is 11.9. The van der Waals surface area contributed by atoms with Crippen molar-refractivity contribution >= 4 is 39.0 Å². The molecule has 2 aromatic carbocycles. The fourth-order valence-corrected chi connectivity index (χ4v) is 1.88. The standard InChI is InChI=1S/C14H11BrClNO/c15-11-3-7-13(8-4-11)17-9-14(18)10-1-5-12(16)6-2-10/h1-8,17H,9H2. The summed E-state index contributed by atoms with van der Waals surface area (Å²) in [5, 5.41) is 3.71. The van der Waals surface area contributed by atoms with Crippen molar-refractivity contribution in [3.05, 3.63) is 63.6 Å².